The van der Waals surface area contributed by atoms with Crippen molar-refractivity contribution >= 4 is 21.4 Å². The highest BCUT2D eigenvalue weighted by molar-refractivity contribution is 7.91. The molecule has 0 atom stereocenters. The van der Waals surface area contributed by atoms with E-state index in [-0.39, 0.29) is 16.6 Å². The third-order valence-corrected chi connectivity index (χ3v) is 5.61. The van der Waals surface area contributed by atoms with Gasteiger partial charge in [0, 0.05) is 11.8 Å². The van der Waals surface area contributed by atoms with Crippen molar-refractivity contribution in [3.63, 3.8) is 0 Å². The zero-order chi connectivity index (χ0) is 17.3. The van der Waals surface area contributed by atoms with E-state index >= 15 is 0 Å². The number of carbonyl (C=O) groups is 1. The molecule has 1 aliphatic rings. The number of anilines is 1. The van der Waals surface area contributed by atoms with E-state index in [0.717, 1.165) is 5.56 Å². The van der Waals surface area contributed by atoms with Crippen LogP contribution in [0.1, 0.15) is 22.8 Å². The maximum Gasteiger partial charge on any atom is 0.258 e. The minimum atomic E-state index is -3.36. The van der Waals surface area contributed by atoms with Crippen LogP contribution in [0.25, 0.3) is 0 Å². The molecule has 24 heavy (non-hydrogen) atoms. The van der Waals surface area contributed by atoms with Gasteiger partial charge in [0.2, 0.25) is 5.88 Å². The molecule has 1 aliphatic heterocycles. The molecular weight excluding hydrogens is 328 g/mol. The van der Waals surface area contributed by atoms with Gasteiger partial charge in [-0.2, -0.15) is 0 Å². The lowest BCUT2D eigenvalue weighted by Crippen LogP contribution is -2.38. The number of aromatic nitrogens is 1. The molecule has 2 aromatic rings. The number of fused-ring (bicyclic) bond motifs is 1. The van der Waals surface area contributed by atoms with E-state index in [4.69, 9.17) is 4.74 Å². The summed E-state index contributed by atoms with van der Waals surface area (Å²) in [6.45, 7) is 4.21. The number of nitrogens with zero attached hydrogens (tertiary/aromatic N) is 2. The molecule has 3 rings (SSSR count). The summed E-state index contributed by atoms with van der Waals surface area (Å²) in [6, 6.07) is 7.99. The number of benzene rings is 1. The number of carbonyl (C=O) groups excluding carboxylic acids is 1. The van der Waals surface area contributed by atoms with E-state index in [1.54, 1.807) is 30.2 Å². The summed E-state index contributed by atoms with van der Waals surface area (Å²) in [5.41, 5.74) is 1.85. The van der Waals surface area contributed by atoms with Gasteiger partial charge in [0.05, 0.1) is 17.2 Å². The molecule has 0 saturated carbocycles. The van der Waals surface area contributed by atoms with E-state index in [1.165, 1.54) is 12.1 Å². The number of sulfone groups is 1. The Hall–Kier alpha value is -2.41. The van der Waals surface area contributed by atoms with Gasteiger partial charge in [-0.05, 0) is 36.8 Å². The van der Waals surface area contributed by atoms with E-state index in [2.05, 4.69) is 4.98 Å². The van der Waals surface area contributed by atoms with E-state index in [0.29, 0.717) is 30.3 Å². The normalized spacial score (nSPS) is 14.0. The molecule has 2 heterocycles. The van der Waals surface area contributed by atoms with Crippen LogP contribution in [0.3, 0.4) is 0 Å². The number of pyridine rings is 1. The van der Waals surface area contributed by atoms with Crippen molar-refractivity contribution in [2.24, 2.45) is 0 Å². The summed E-state index contributed by atoms with van der Waals surface area (Å²) in [7, 11) is -3.36. The molecule has 7 heteroatoms. The van der Waals surface area contributed by atoms with Gasteiger partial charge in [-0.1, -0.05) is 13.0 Å². The van der Waals surface area contributed by atoms with E-state index in [9.17, 15) is 13.2 Å². The fourth-order valence-electron chi connectivity index (χ4n) is 2.56. The van der Waals surface area contributed by atoms with Crippen molar-refractivity contribution in [2.45, 2.75) is 18.7 Å². The van der Waals surface area contributed by atoms with Gasteiger partial charge in [-0.15, -0.1) is 0 Å². The number of hydrogen-bond acceptors (Lipinski definition) is 5. The molecule has 1 aromatic heterocycles. The summed E-state index contributed by atoms with van der Waals surface area (Å²) in [5, 5.41) is 0. The first-order valence-electron chi connectivity index (χ1n) is 7.66. The summed E-state index contributed by atoms with van der Waals surface area (Å²) in [4.78, 5) is 18.8. The highest BCUT2D eigenvalue weighted by atomic mass is 32.2. The molecule has 0 spiro atoms. The third-order valence-electron chi connectivity index (χ3n) is 3.88. The predicted octanol–water partition coefficient (Wildman–Crippen LogP) is 2.22. The second-order valence-electron chi connectivity index (χ2n) is 5.57. The molecule has 6 nitrogen and oxygen atoms in total. The van der Waals surface area contributed by atoms with Crippen molar-refractivity contribution in [3.8, 4) is 5.88 Å². The number of aryl methyl sites for hydroxylation is 1. The lowest BCUT2D eigenvalue weighted by molar-refractivity contribution is 0.0975. The van der Waals surface area contributed by atoms with Crippen LogP contribution in [0.15, 0.2) is 41.4 Å². The average Bonchev–Trinajstić information content (AvgIpc) is 2.60. The lowest BCUT2D eigenvalue weighted by atomic mass is 10.1. The Morgan fingerprint density at radius 3 is 2.88 bits per heavy atom. The van der Waals surface area contributed by atoms with Crippen LogP contribution in [0, 0.1) is 6.92 Å². The first-order chi connectivity index (χ1) is 11.4. The van der Waals surface area contributed by atoms with Crippen molar-refractivity contribution in [3.05, 3.63) is 47.7 Å². The first kappa shape index (κ1) is 16.4. The fourth-order valence-corrected chi connectivity index (χ4v) is 3.48. The molecule has 0 unspecified atom stereocenters. The Bertz CT molecular complexity index is 893. The van der Waals surface area contributed by atoms with Crippen LogP contribution in [-0.2, 0) is 9.84 Å². The van der Waals surface area contributed by atoms with Crippen LogP contribution >= 0.6 is 0 Å². The third kappa shape index (κ3) is 2.99. The Labute approximate surface area is 141 Å². The SMILES string of the molecule is CCS(=O)(=O)c1cccc(C(=O)N2CCOc3ncc(C)cc32)c1. The largest absolute Gasteiger partial charge is 0.474 e. The van der Waals surface area contributed by atoms with Crippen LogP contribution < -0.4 is 9.64 Å². The second kappa shape index (κ2) is 6.24. The van der Waals surface area contributed by atoms with Gasteiger partial charge >= 0.3 is 0 Å². The Kier molecular flexibility index (Phi) is 4.28. The number of amides is 1. The molecule has 126 valence electrons. The van der Waals surface area contributed by atoms with Crippen molar-refractivity contribution in [1.29, 1.82) is 0 Å². The topological polar surface area (TPSA) is 76.6 Å². The van der Waals surface area contributed by atoms with Crippen molar-refractivity contribution in [1.82, 2.24) is 4.98 Å². The Morgan fingerprint density at radius 1 is 1.33 bits per heavy atom. The van der Waals surface area contributed by atoms with Crippen LogP contribution in [0.5, 0.6) is 5.88 Å². The molecule has 0 fully saturated rings. The van der Waals surface area contributed by atoms with Gasteiger partial charge in [-0.25, -0.2) is 13.4 Å². The van der Waals surface area contributed by atoms with Crippen LogP contribution in [-0.4, -0.2) is 38.2 Å². The van der Waals surface area contributed by atoms with Crippen molar-refractivity contribution < 1.29 is 17.9 Å². The Morgan fingerprint density at radius 2 is 2.12 bits per heavy atom. The highest BCUT2D eigenvalue weighted by Gasteiger charge is 2.26. The van der Waals surface area contributed by atoms with E-state index < -0.39 is 9.84 Å². The van der Waals surface area contributed by atoms with Gasteiger partial charge in [0.25, 0.3) is 5.91 Å². The maximum atomic E-state index is 12.9. The van der Waals surface area contributed by atoms with Gasteiger partial charge in [-0.3, -0.25) is 4.79 Å². The van der Waals surface area contributed by atoms with Crippen molar-refractivity contribution in [2.75, 3.05) is 23.8 Å². The van der Waals surface area contributed by atoms with Gasteiger partial charge < -0.3 is 9.64 Å². The van der Waals surface area contributed by atoms with Gasteiger partial charge in [0.1, 0.15) is 12.3 Å². The monoisotopic (exact) mass is 346 g/mol. The summed E-state index contributed by atoms with van der Waals surface area (Å²) in [6.07, 6.45) is 1.68. The molecular formula is C17H18N2O4S. The smallest absolute Gasteiger partial charge is 0.258 e. The quantitative estimate of drug-likeness (QED) is 0.852. The zero-order valence-electron chi connectivity index (χ0n) is 13.5. The predicted molar refractivity (Wildman–Crippen MR) is 90.3 cm³/mol. The average molecular weight is 346 g/mol. The number of hydrogen-bond donors (Lipinski definition) is 0. The van der Waals surface area contributed by atoms with Crippen LogP contribution in [0.2, 0.25) is 0 Å². The van der Waals surface area contributed by atoms with E-state index in [1.807, 2.05) is 13.0 Å². The molecule has 0 radical (unpaired) electrons. The maximum absolute atomic E-state index is 12.9. The number of ether oxygens (including phenoxy) is 1. The second-order valence-corrected chi connectivity index (χ2v) is 7.85. The molecule has 1 amide bonds. The molecule has 1 aromatic carbocycles. The zero-order valence-corrected chi connectivity index (χ0v) is 14.3. The fraction of sp³-hybridized carbons (Fsp3) is 0.294. The molecule has 0 aliphatic carbocycles. The molecule has 0 bridgehead atoms. The highest BCUT2D eigenvalue weighted by Crippen LogP contribution is 2.31. The minimum Gasteiger partial charge on any atom is -0.474 e. The summed E-state index contributed by atoms with van der Waals surface area (Å²) >= 11 is 0. The molecule has 0 N–H and O–H groups in total. The standard InChI is InChI=1S/C17H18N2O4S/c1-3-24(21,22)14-6-4-5-13(10-14)17(20)19-7-8-23-16-15(19)9-12(2)11-18-16/h4-6,9-11H,3,7-8H2,1-2H3. The molecule has 0 saturated heterocycles. The van der Waals surface area contributed by atoms with Crippen LogP contribution in [0.4, 0.5) is 5.69 Å². The lowest BCUT2D eigenvalue weighted by Gasteiger charge is -2.29. The minimum absolute atomic E-state index is 0.00581. The summed E-state index contributed by atoms with van der Waals surface area (Å²) in [5.74, 6) is 0.145. The Balaban J connectivity index is 2.00. The first-order valence-corrected chi connectivity index (χ1v) is 9.32. The van der Waals surface area contributed by atoms with Gasteiger partial charge in [0.15, 0.2) is 9.84 Å². The summed E-state index contributed by atoms with van der Waals surface area (Å²) < 4.78 is 29.6. The number of rotatable bonds is 3.